The Kier molecular flexibility index (Phi) is 3.36. The van der Waals surface area contributed by atoms with Crippen LogP contribution >= 0.6 is 22.9 Å². The molecule has 1 N–H and O–H groups in total. The van der Waals surface area contributed by atoms with Crippen LogP contribution in [0.15, 0.2) is 48.9 Å². The maximum Gasteiger partial charge on any atom is 0.147 e. The molecular weight excluding hydrogens is 316 g/mol. The zero-order valence-corrected chi connectivity index (χ0v) is 13.0. The fraction of sp³-hybridized carbons (Fsp3) is 0.0625. The molecule has 3 heterocycles. The first-order valence-corrected chi connectivity index (χ1v) is 7.98. The van der Waals surface area contributed by atoms with Crippen molar-refractivity contribution in [3.63, 3.8) is 0 Å². The molecule has 1 aromatic carbocycles. The molecular formula is C16H11ClN4S. The van der Waals surface area contributed by atoms with Crippen LogP contribution in [0.3, 0.4) is 0 Å². The zero-order valence-electron chi connectivity index (χ0n) is 11.5. The predicted octanol–water partition coefficient (Wildman–Crippen LogP) is 4.51. The van der Waals surface area contributed by atoms with Gasteiger partial charge in [-0.15, -0.1) is 11.3 Å². The number of aromatic nitrogens is 3. The second-order valence-electron chi connectivity index (χ2n) is 4.80. The monoisotopic (exact) mass is 326 g/mol. The van der Waals surface area contributed by atoms with Gasteiger partial charge in [0.15, 0.2) is 0 Å². The number of hydrogen-bond donors (Lipinski definition) is 1. The minimum absolute atomic E-state index is 0.619. The van der Waals surface area contributed by atoms with Crippen molar-refractivity contribution >= 4 is 49.2 Å². The number of thiophene rings is 1. The van der Waals surface area contributed by atoms with Crippen molar-refractivity contribution in [2.24, 2.45) is 0 Å². The summed E-state index contributed by atoms with van der Waals surface area (Å²) in [7, 11) is 0. The first-order chi connectivity index (χ1) is 10.8. The highest BCUT2D eigenvalue weighted by atomic mass is 35.5. The lowest BCUT2D eigenvalue weighted by Crippen LogP contribution is -2.02. The Balaban J connectivity index is 1.74. The maximum atomic E-state index is 6.19. The average molecular weight is 327 g/mol. The third-order valence-electron chi connectivity index (χ3n) is 3.43. The highest BCUT2D eigenvalue weighted by Crippen LogP contribution is 2.34. The van der Waals surface area contributed by atoms with Crippen molar-refractivity contribution in [3.8, 4) is 0 Å². The lowest BCUT2D eigenvalue weighted by atomic mass is 10.2. The number of benzene rings is 1. The van der Waals surface area contributed by atoms with Crippen LogP contribution in [0.5, 0.6) is 0 Å². The molecule has 0 spiro atoms. The normalized spacial score (nSPS) is 11.1. The molecule has 22 heavy (non-hydrogen) atoms. The summed E-state index contributed by atoms with van der Waals surface area (Å²) in [4.78, 5) is 14.1. The van der Waals surface area contributed by atoms with Crippen molar-refractivity contribution in [3.05, 3.63) is 59.5 Å². The van der Waals surface area contributed by atoms with E-state index in [2.05, 4.69) is 20.3 Å². The number of halogens is 1. The van der Waals surface area contributed by atoms with Crippen LogP contribution in [-0.4, -0.2) is 15.0 Å². The standard InChI is InChI=1S/C16H11ClN4S/c17-12-6-2-1-4-10(12)8-19-15-14-13(20-9-21-15)11-5-3-7-18-16(11)22-14/h1-7,9H,8H2,(H,19,20,21). The lowest BCUT2D eigenvalue weighted by Gasteiger charge is -2.07. The van der Waals surface area contributed by atoms with Gasteiger partial charge in [-0.25, -0.2) is 15.0 Å². The molecule has 4 nitrogen and oxygen atoms in total. The zero-order chi connectivity index (χ0) is 14.9. The molecule has 0 fully saturated rings. The molecule has 0 bridgehead atoms. The first-order valence-electron chi connectivity index (χ1n) is 6.78. The Morgan fingerprint density at radius 3 is 2.86 bits per heavy atom. The molecule has 0 radical (unpaired) electrons. The number of rotatable bonds is 3. The van der Waals surface area contributed by atoms with Crippen LogP contribution in [0.25, 0.3) is 20.4 Å². The molecule has 0 aliphatic rings. The van der Waals surface area contributed by atoms with Crippen molar-refractivity contribution in [2.75, 3.05) is 5.32 Å². The third-order valence-corrected chi connectivity index (χ3v) is 4.91. The van der Waals surface area contributed by atoms with Crippen LogP contribution in [0, 0.1) is 0 Å². The molecule has 108 valence electrons. The van der Waals surface area contributed by atoms with E-state index in [1.807, 2.05) is 36.4 Å². The fourth-order valence-corrected chi connectivity index (χ4v) is 3.62. The summed E-state index contributed by atoms with van der Waals surface area (Å²) in [5.74, 6) is 0.813. The van der Waals surface area contributed by atoms with Gasteiger partial charge in [-0.1, -0.05) is 29.8 Å². The summed E-state index contributed by atoms with van der Waals surface area (Å²) < 4.78 is 1.02. The third kappa shape index (κ3) is 2.28. The largest absolute Gasteiger partial charge is 0.365 e. The highest BCUT2D eigenvalue weighted by Gasteiger charge is 2.11. The fourth-order valence-electron chi connectivity index (χ4n) is 2.36. The summed E-state index contributed by atoms with van der Waals surface area (Å²) in [6.07, 6.45) is 3.37. The van der Waals surface area contributed by atoms with E-state index in [4.69, 9.17) is 11.6 Å². The molecule has 0 unspecified atom stereocenters. The predicted molar refractivity (Wildman–Crippen MR) is 91.5 cm³/mol. The number of nitrogens with one attached hydrogen (secondary N) is 1. The average Bonchev–Trinajstić information content (AvgIpc) is 2.93. The van der Waals surface area contributed by atoms with Crippen LogP contribution in [0.1, 0.15) is 5.56 Å². The van der Waals surface area contributed by atoms with E-state index in [0.29, 0.717) is 6.54 Å². The molecule has 3 aromatic heterocycles. The van der Waals surface area contributed by atoms with E-state index in [0.717, 1.165) is 36.8 Å². The Labute approximate surface area is 135 Å². The Hall–Kier alpha value is -2.24. The van der Waals surface area contributed by atoms with Gasteiger partial charge >= 0.3 is 0 Å². The van der Waals surface area contributed by atoms with Gasteiger partial charge in [0, 0.05) is 23.2 Å². The van der Waals surface area contributed by atoms with E-state index in [-0.39, 0.29) is 0 Å². The smallest absolute Gasteiger partial charge is 0.147 e. The van der Waals surface area contributed by atoms with Crippen molar-refractivity contribution in [1.82, 2.24) is 15.0 Å². The molecule has 0 saturated heterocycles. The Bertz CT molecular complexity index is 967. The molecule has 0 aliphatic carbocycles. The van der Waals surface area contributed by atoms with Gasteiger partial charge in [-0.3, -0.25) is 0 Å². The summed E-state index contributed by atoms with van der Waals surface area (Å²) >= 11 is 7.79. The number of nitrogens with zero attached hydrogens (tertiary/aromatic N) is 3. The summed E-state index contributed by atoms with van der Waals surface area (Å²) in [6.45, 7) is 0.619. The van der Waals surface area contributed by atoms with Crippen molar-refractivity contribution < 1.29 is 0 Å². The SMILES string of the molecule is Clc1ccccc1CNc1ncnc2c1sc1ncccc12. The van der Waals surface area contributed by atoms with Gasteiger partial charge in [-0.2, -0.15) is 0 Å². The molecule has 4 rings (SSSR count). The number of anilines is 1. The maximum absolute atomic E-state index is 6.19. The number of fused-ring (bicyclic) bond motifs is 3. The van der Waals surface area contributed by atoms with E-state index >= 15 is 0 Å². The number of pyridine rings is 1. The van der Waals surface area contributed by atoms with E-state index in [1.54, 1.807) is 23.9 Å². The molecule has 0 aliphatic heterocycles. The number of hydrogen-bond acceptors (Lipinski definition) is 5. The minimum atomic E-state index is 0.619. The highest BCUT2D eigenvalue weighted by molar-refractivity contribution is 7.25. The van der Waals surface area contributed by atoms with Crippen LogP contribution in [0.4, 0.5) is 5.82 Å². The van der Waals surface area contributed by atoms with Gasteiger partial charge in [0.05, 0.1) is 10.2 Å². The Morgan fingerprint density at radius 1 is 1.05 bits per heavy atom. The van der Waals surface area contributed by atoms with Crippen LogP contribution in [-0.2, 0) is 6.54 Å². The minimum Gasteiger partial charge on any atom is -0.365 e. The van der Waals surface area contributed by atoms with Crippen molar-refractivity contribution in [1.29, 1.82) is 0 Å². The lowest BCUT2D eigenvalue weighted by molar-refractivity contribution is 1.11. The van der Waals surface area contributed by atoms with Gasteiger partial charge in [0.1, 0.15) is 17.0 Å². The summed E-state index contributed by atoms with van der Waals surface area (Å²) in [5, 5.41) is 5.16. The van der Waals surface area contributed by atoms with E-state index in [1.165, 1.54) is 0 Å². The summed E-state index contributed by atoms with van der Waals surface area (Å²) in [5.41, 5.74) is 1.97. The van der Waals surface area contributed by atoms with Crippen molar-refractivity contribution in [2.45, 2.75) is 6.54 Å². The van der Waals surface area contributed by atoms with E-state index < -0.39 is 0 Å². The topological polar surface area (TPSA) is 50.7 Å². The van der Waals surface area contributed by atoms with Gasteiger partial charge < -0.3 is 5.32 Å². The molecule has 4 aromatic rings. The van der Waals surface area contributed by atoms with E-state index in [9.17, 15) is 0 Å². The molecule has 6 heteroatoms. The molecule has 0 atom stereocenters. The molecule has 0 amide bonds. The Morgan fingerprint density at radius 2 is 1.95 bits per heavy atom. The van der Waals surface area contributed by atoms with Gasteiger partial charge in [0.2, 0.25) is 0 Å². The molecule has 0 saturated carbocycles. The van der Waals surface area contributed by atoms with Gasteiger partial charge in [0.25, 0.3) is 0 Å². The van der Waals surface area contributed by atoms with Gasteiger partial charge in [-0.05, 0) is 23.8 Å². The summed E-state index contributed by atoms with van der Waals surface area (Å²) in [6, 6.07) is 11.7. The van der Waals surface area contributed by atoms with Crippen LogP contribution < -0.4 is 5.32 Å². The first kappa shape index (κ1) is 13.4. The van der Waals surface area contributed by atoms with Crippen LogP contribution in [0.2, 0.25) is 5.02 Å². The second-order valence-corrected chi connectivity index (χ2v) is 6.21. The second kappa shape index (κ2) is 5.51. The quantitative estimate of drug-likeness (QED) is 0.602.